The number of ketones is 1. The van der Waals surface area contributed by atoms with Crippen molar-refractivity contribution in [2.24, 2.45) is 0 Å². The van der Waals surface area contributed by atoms with Crippen molar-refractivity contribution in [2.75, 3.05) is 12.4 Å². The molecule has 0 bridgehead atoms. The van der Waals surface area contributed by atoms with Gasteiger partial charge in [-0.2, -0.15) is 18.2 Å². The predicted octanol–water partition coefficient (Wildman–Crippen LogP) is 2.06. The molecule has 2 aromatic heterocycles. The molecule has 3 aromatic rings. The first-order valence-corrected chi connectivity index (χ1v) is 13.1. The monoisotopic (exact) mass is 564 g/mol. The van der Waals surface area contributed by atoms with Crippen LogP contribution in [0, 0.1) is 0 Å². The third-order valence-corrected chi connectivity index (χ3v) is 7.33. The van der Waals surface area contributed by atoms with Crippen LogP contribution in [0.5, 0.6) is 0 Å². The Morgan fingerprint density at radius 1 is 1.31 bits per heavy atom. The van der Waals surface area contributed by atoms with Crippen molar-refractivity contribution in [2.45, 2.75) is 44.1 Å². The van der Waals surface area contributed by atoms with Crippen molar-refractivity contribution in [3.05, 3.63) is 70.3 Å². The van der Waals surface area contributed by atoms with E-state index in [4.69, 9.17) is 4.18 Å². The molecule has 2 heterocycles. The SMILES string of the molecule is CNS(=O)(=O)O[C@@H]1C[C@H](Nc2ncncc2C(=O)c2ccn([C@@H](C)c3cccc(Br)c3)n2)C[C@@H]1O. The van der Waals surface area contributed by atoms with Crippen molar-refractivity contribution >= 4 is 37.8 Å². The van der Waals surface area contributed by atoms with Gasteiger partial charge in [-0.1, -0.05) is 28.1 Å². The number of aliphatic hydroxyl groups excluding tert-OH is 1. The van der Waals surface area contributed by atoms with Gasteiger partial charge in [-0.15, -0.1) is 0 Å². The number of aromatic nitrogens is 4. The van der Waals surface area contributed by atoms with Crippen LogP contribution in [0.4, 0.5) is 5.82 Å². The maximum atomic E-state index is 13.3. The molecule has 0 saturated heterocycles. The molecule has 0 amide bonds. The highest BCUT2D eigenvalue weighted by Gasteiger charge is 2.37. The van der Waals surface area contributed by atoms with E-state index in [-0.39, 0.29) is 47.8 Å². The maximum absolute atomic E-state index is 13.3. The molecule has 11 nitrogen and oxygen atoms in total. The number of halogens is 1. The molecule has 1 fully saturated rings. The first-order chi connectivity index (χ1) is 16.7. The summed E-state index contributed by atoms with van der Waals surface area (Å²) in [6, 6.07) is 9.04. The number of carbonyl (C=O) groups excluding carboxylic acids is 1. The normalized spacial score (nSPS) is 21.1. The number of aliphatic hydroxyl groups is 1. The molecule has 35 heavy (non-hydrogen) atoms. The topological polar surface area (TPSA) is 148 Å². The summed E-state index contributed by atoms with van der Waals surface area (Å²) in [6.45, 7) is 1.99. The lowest BCUT2D eigenvalue weighted by Crippen LogP contribution is -2.31. The van der Waals surface area contributed by atoms with Crippen LogP contribution in [0.3, 0.4) is 0 Å². The van der Waals surface area contributed by atoms with Crippen LogP contribution < -0.4 is 10.0 Å². The van der Waals surface area contributed by atoms with E-state index in [0.717, 1.165) is 10.0 Å². The maximum Gasteiger partial charge on any atom is 0.335 e. The molecule has 186 valence electrons. The zero-order valence-corrected chi connectivity index (χ0v) is 21.4. The molecular weight excluding hydrogens is 540 g/mol. The van der Waals surface area contributed by atoms with E-state index in [1.54, 1.807) is 16.9 Å². The highest BCUT2D eigenvalue weighted by Crippen LogP contribution is 2.28. The van der Waals surface area contributed by atoms with Gasteiger partial charge in [0, 0.05) is 30.0 Å². The molecule has 1 aliphatic rings. The highest BCUT2D eigenvalue weighted by atomic mass is 79.9. The van der Waals surface area contributed by atoms with Gasteiger partial charge in [0.05, 0.1) is 17.7 Å². The van der Waals surface area contributed by atoms with E-state index < -0.39 is 22.5 Å². The van der Waals surface area contributed by atoms with Gasteiger partial charge in [0.2, 0.25) is 5.78 Å². The summed E-state index contributed by atoms with van der Waals surface area (Å²) < 4.78 is 33.1. The van der Waals surface area contributed by atoms with Crippen molar-refractivity contribution in [1.82, 2.24) is 24.5 Å². The summed E-state index contributed by atoms with van der Waals surface area (Å²) in [5.41, 5.74) is 1.48. The van der Waals surface area contributed by atoms with Crippen LogP contribution in [-0.2, 0) is 14.5 Å². The second-order valence-electron chi connectivity index (χ2n) is 8.20. The largest absolute Gasteiger partial charge is 0.390 e. The van der Waals surface area contributed by atoms with Gasteiger partial charge in [-0.25, -0.2) is 9.97 Å². The lowest BCUT2D eigenvalue weighted by molar-refractivity contribution is 0.0636. The zero-order valence-electron chi connectivity index (χ0n) is 19.0. The first kappa shape index (κ1) is 25.4. The molecule has 0 aliphatic heterocycles. The summed E-state index contributed by atoms with van der Waals surface area (Å²) in [6.07, 6.45) is 2.97. The standard InChI is InChI=1S/C22H25BrN6O5S/c1-13(14-4-3-5-15(23)8-14)29-7-6-18(28-29)21(31)17-11-25-12-26-22(17)27-16-9-19(30)20(10-16)34-35(32,33)24-2/h3-8,11-13,16,19-20,24,30H,9-10H2,1-2H3,(H,25,26,27)/t13-,16+,19-,20+/m0/s1. The number of nitrogens with one attached hydrogen (secondary N) is 2. The minimum absolute atomic E-state index is 0.0931. The molecule has 0 radical (unpaired) electrons. The first-order valence-electron chi connectivity index (χ1n) is 10.9. The van der Waals surface area contributed by atoms with Gasteiger partial charge in [0.25, 0.3) is 0 Å². The van der Waals surface area contributed by atoms with Crippen LogP contribution in [0.15, 0.2) is 53.5 Å². The Morgan fingerprint density at radius 3 is 2.86 bits per heavy atom. The molecule has 1 aromatic carbocycles. The summed E-state index contributed by atoms with van der Waals surface area (Å²) in [4.78, 5) is 21.4. The van der Waals surface area contributed by atoms with E-state index in [1.807, 2.05) is 31.2 Å². The molecule has 1 saturated carbocycles. The molecule has 13 heteroatoms. The Morgan fingerprint density at radius 2 is 2.11 bits per heavy atom. The summed E-state index contributed by atoms with van der Waals surface area (Å²) >= 11 is 3.47. The number of hydrogen-bond donors (Lipinski definition) is 3. The van der Waals surface area contributed by atoms with Gasteiger partial charge in [0.1, 0.15) is 23.9 Å². The van der Waals surface area contributed by atoms with E-state index in [1.165, 1.54) is 19.6 Å². The van der Waals surface area contributed by atoms with E-state index >= 15 is 0 Å². The Kier molecular flexibility index (Phi) is 7.62. The number of rotatable bonds is 9. The summed E-state index contributed by atoms with van der Waals surface area (Å²) in [5.74, 6) is -0.0914. The van der Waals surface area contributed by atoms with E-state index in [0.29, 0.717) is 0 Å². The smallest absolute Gasteiger partial charge is 0.335 e. The molecule has 3 N–H and O–H groups in total. The number of carbonyl (C=O) groups is 1. The molecule has 1 aliphatic carbocycles. The lowest BCUT2D eigenvalue weighted by Gasteiger charge is -2.16. The van der Waals surface area contributed by atoms with Crippen LogP contribution >= 0.6 is 15.9 Å². The van der Waals surface area contributed by atoms with E-state index in [9.17, 15) is 18.3 Å². The van der Waals surface area contributed by atoms with Crippen LogP contribution in [0.1, 0.15) is 47.4 Å². The number of anilines is 1. The van der Waals surface area contributed by atoms with Crippen molar-refractivity contribution in [3.8, 4) is 0 Å². The summed E-state index contributed by atoms with van der Waals surface area (Å²) in [7, 11) is -2.72. The van der Waals surface area contributed by atoms with Crippen molar-refractivity contribution < 1.29 is 22.5 Å². The third kappa shape index (κ3) is 5.93. The molecule has 4 atom stereocenters. The Hall–Kier alpha value is -2.71. The zero-order chi connectivity index (χ0) is 25.2. The Bertz CT molecular complexity index is 1320. The average Bonchev–Trinajstić information content (AvgIpc) is 3.45. The molecule has 0 unspecified atom stereocenters. The van der Waals surface area contributed by atoms with Gasteiger partial charge >= 0.3 is 10.3 Å². The van der Waals surface area contributed by atoms with Gasteiger partial charge in [-0.3, -0.25) is 13.7 Å². The fraction of sp³-hybridized carbons (Fsp3) is 0.364. The quantitative estimate of drug-likeness (QED) is 0.332. The third-order valence-electron chi connectivity index (χ3n) is 5.84. The average molecular weight is 565 g/mol. The Balaban J connectivity index is 1.49. The molecular formula is C22H25BrN6O5S. The second-order valence-corrected chi connectivity index (χ2v) is 10.6. The lowest BCUT2D eigenvalue weighted by atomic mass is 10.1. The number of hydrogen-bond acceptors (Lipinski definition) is 9. The highest BCUT2D eigenvalue weighted by molar-refractivity contribution is 9.10. The fourth-order valence-electron chi connectivity index (χ4n) is 3.95. The number of nitrogens with zero attached hydrogens (tertiary/aromatic N) is 4. The van der Waals surface area contributed by atoms with Gasteiger partial charge < -0.3 is 10.4 Å². The molecule has 4 rings (SSSR count). The van der Waals surface area contributed by atoms with Crippen LogP contribution in [0.2, 0.25) is 0 Å². The van der Waals surface area contributed by atoms with Crippen molar-refractivity contribution in [3.63, 3.8) is 0 Å². The minimum Gasteiger partial charge on any atom is -0.390 e. The predicted molar refractivity (Wildman–Crippen MR) is 131 cm³/mol. The fourth-order valence-corrected chi connectivity index (χ4v) is 4.99. The molecule has 0 spiro atoms. The Labute approximate surface area is 211 Å². The minimum atomic E-state index is -3.95. The van der Waals surface area contributed by atoms with Crippen LogP contribution in [0.25, 0.3) is 0 Å². The van der Waals surface area contributed by atoms with Crippen molar-refractivity contribution in [1.29, 1.82) is 0 Å². The van der Waals surface area contributed by atoms with Crippen LogP contribution in [-0.4, -0.2) is 64.4 Å². The number of benzene rings is 1. The second kappa shape index (κ2) is 10.5. The van der Waals surface area contributed by atoms with E-state index in [2.05, 4.69) is 41.0 Å². The van der Waals surface area contributed by atoms with Gasteiger partial charge in [0.15, 0.2) is 0 Å². The summed E-state index contributed by atoms with van der Waals surface area (Å²) in [5, 5.41) is 17.8. The van der Waals surface area contributed by atoms with Gasteiger partial charge in [-0.05, 0) is 43.5 Å².